The van der Waals surface area contributed by atoms with Crippen LogP contribution in [-0.4, -0.2) is 41.4 Å². The lowest BCUT2D eigenvalue weighted by Gasteiger charge is -2.58. The minimum Gasteiger partial charge on any atom is -0.393 e. The Morgan fingerprint density at radius 1 is 1.02 bits per heavy atom. The number of allylic oxidation sites excluding steroid dienone is 1. The van der Waals surface area contributed by atoms with E-state index in [1.165, 1.54) is 5.57 Å². The molecule has 228 valence electrons. The van der Waals surface area contributed by atoms with Crippen LogP contribution >= 0.6 is 0 Å². The molecule has 6 heteroatoms. The van der Waals surface area contributed by atoms with Gasteiger partial charge in [-0.15, -0.1) is 0 Å². The molecule has 3 fully saturated rings. The summed E-state index contributed by atoms with van der Waals surface area (Å²) < 4.78 is 28.2. The largest absolute Gasteiger partial charge is 0.393 e. The maximum atomic E-state index is 14.2. The maximum absolute atomic E-state index is 14.2. The lowest BCUT2D eigenvalue weighted by atomic mass is 9.45. The highest BCUT2D eigenvalue weighted by Crippen LogP contribution is 2.67. The van der Waals surface area contributed by atoms with E-state index in [2.05, 4.69) is 33.8 Å². The van der Waals surface area contributed by atoms with Crippen LogP contribution in [-0.2, 0) is 14.6 Å². The Morgan fingerprint density at radius 3 is 2.34 bits per heavy atom. The summed E-state index contributed by atoms with van der Waals surface area (Å²) in [5.41, 5.74) is 0.183. The van der Waals surface area contributed by atoms with Crippen LogP contribution in [0.5, 0.6) is 0 Å². The molecule has 4 aliphatic rings. The van der Waals surface area contributed by atoms with E-state index in [0.717, 1.165) is 38.5 Å². The van der Waals surface area contributed by atoms with Crippen molar-refractivity contribution in [1.29, 1.82) is 0 Å². The summed E-state index contributed by atoms with van der Waals surface area (Å²) >= 11 is 0. The Kier molecular flexibility index (Phi) is 8.22. The number of carbonyl (C=O) groups excluding carboxylic acids is 1. The first-order valence-corrected chi connectivity index (χ1v) is 17.6. The molecule has 0 spiro atoms. The van der Waals surface area contributed by atoms with Gasteiger partial charge in [0.25, 0.3) is 0 Å². The van der Waals surface area contributed by atoms with Crippen LogP contribution < -0.4 is 0 Å². The highest BCUT2D eigenvalue weighted by Gasteiger charge is 2.63. The van der Waals surface area contributed by atoms with E-state index in [9.17, 15) is 23.4 Å². The predicted octanol–water partition coefficient (Wildman–Crippen LogP) is 6.77. The van der Waals surface area contributed by atoms with Crippen LogP contribution in [0.25, 0.3) is 0 Å². The molecule has 10 atom stereocenters. The lowest BCUT2D eigenvalue weighted by molar-refractivity contribution is -0.147. The van der Waals surface area contributed by atoms with E-state index in [4.69, 9.17) is 0 Å². The number of aliphatic hydroxyl groups excluding tert-OH is 1. The SMILES string of the molecule is CC[C@]1(O)CC[C@@]2(C)C(=CC[C@H]3[C@@H]4CC[C@H]([C@H](C)C(C[C@H](O)C(C)C)S(=O)(=O)c5ccccc5)[C@@]4(C)CC(=O)[C@@H]32)C1. The summed E-state index contributed by atoms with van der Waals surface area (Å²) in [5, 5.41) is 21.3. The quantitative estimate of drug-likeness (QED) is 0.329. The monoisotopic (exact) mass is 584 g/mol. The van der Waals surface area contributed by atoms with Gasteiger partial charge < -0.3 is 10.2 Å². The van der Waals surface area contributed by atoms with Crippen LogP contribution in [0.3, 0.4) is 0 Å². The van der Waals surface area contributed by atoms with Crippen molar-refractivity contribution in [3.63, 3.8) is 0 Å². The molecule has 0 radical (unpaired) electrons. The minimum atomic E-state index is -3.69. The van der Waals surface area contributed by atoms with Gasteiger partial charge in [-0.1, -0.05) is 71.4 Å². The molecule has 3 saturated carbocycles. The molecular weight excluding hydrogens is 532 g/mol. The number of hydrogen-bond donors (Lipinski definition) is 2. The average molecular weight is 585 g/mol. The zero-order valence-electron chi connectivity index (χ0n) is 26.0. The summed E-state index contributed by atoms with van der Waals surface area (Å²) in [6.07, 6.45) is 8.17. The zero-order valence-corrected chi connectivity index (χ0v) is 26.8. The Balaban J connectivity index is 1.47. The second kappa shape index (κ2) is 10.9. The van der Waals surface area contributed by atoms with Crippen molar-refractivity contribution in [2.75, 3.05) is 0 Å². The Bertz CT molecular complexity index is 1270. The molecule has 5 rings (SSSR count). The topological polar surface area (TPSA) is 91.7 Å². The van der Waals surface area contributed by atoms with E-state index >= 15 is 0 Å². The number of sulfone groups is 1. The third-order valence-corrected chi connectivity index (χ3v) is 15.0. The van der Waals surface area contributed by atoms with Gasteiger partial charge in [0.05, 0.1) is 21.9 Å². The standard InChI is InChI=1S/C35H52O5S/c1-7-35(38)18-17-33(5)24(20-35)13-14-26-28-16-15-27(34(28,6)21-30(37)32(26)33)23(4)31(19-29(36)22(2)3)41(39,40)25-11-9-8-10-12-25/h8-13,22-23,26-29,31-32,36,38H,7,14-21H2,1-6H3/t23-,26-,27+,28-,29-,31?,32+,33-,34+,35-/m0/s1. The Hall–Kier alpha value is -1.50. The Morgan fingerprint density at radius 2 is 1.71 bits per heavy atom. The first kappa shape index (κ1) is 30.9. The van der Waals surface area contributed by atoms with Gasteiger partial charge in [-0.3, -0.25) is 4.79 Å². The number of benzene rings is 1. The molecule has 5 nitrogen and oxygen atoms in total. The third kappa shape index (κ3) is 5.08. The highest BCUT2D eigenvalue weighted by molar-refractivity contribution is 7.92. The van der Waals surface area contributed by atoms with E-state index in [-0.39, 0.29) is 46.8 Å². The van der Waals surface area contributed by atoms with Crippen molar-refractivity contribution in [3.8, 4) is 0 Å². The number of rotatable bonds is 8. The number of hydrogen-bond acceptors (Lipinski definition) is 5. The maximum Gasteiger partial charge on any atom is 0.181 e. The van der Waals surface area contributed by atoms with Crippen LogP contribution in [0.15, 0.2) is 46.9 Å². The fourth-order valence-corrected chi connectivity index (χ4v) is 12.0. The molecule has 0 bridgehead atoms. The zero-order chi connectivity index (χ0) is 30.0. The predicted molar refractivity (Wildman–Crippen MR) is 163 cm³/mol. The second-order valence-corrected chi connectivity index (χ2v) is 17.2. The van der Waals surface area contributed by atoms with E-state index < -0.39 is 26.8 Å². The van der Waals surface area contributed by atoms with Crippen molar-refractivity contribution in [1.82, 2.24) is 0 Å². The molecule has 0 amide bonds. The molecular formula is C35H52O5S. The van der Waals surface area contributed by atoms with Crippen LogP contribution in [0.2, 0.25) is 0 Å². The number of ketones is 1. The van der Waals surface area contributed by atoms with Gasteiger partial charge in [0.15, 0.2) is 9.84 Å². The molecule has 0 saturated heterocycles. The summed E-state index contributed by atoms with van der Waals surface area (Å²) in [7, 11) is -3.69. The lowest BCUT2D eigenvalue weighted by Crippen LogP contribution is -2.56. The van der Waals surface area contributed by atoms with Crippen molar-refractivity contribution in [2.45, 2.75) is 121 Å². The third-order valence-electron chi connectivity index (χ3n) is 12.6. The van der Waals surface area contributed by atoms with Gasteiger partial charge in [0.2, 0.25) is 0 Å². The molecule has 0 heterocycles. The fraction of sp³-hybridized carbons (Fsp3) is 0.743. The average Bonchev–Trinajstić information content (AvgIpc) is 3.28. The van der Waals surface area contributed by atoms with E-state index in [0.29, 0.717) is 29.4 Å². The second-order valence-electron chi connectivity index (χ2n) is 15.0. The van der Waals surface area contributed by atoms with Gasteiger partial charge in [-0.2, -0.15) is 0 Å². The molecule has 4 aliphatic carbocycles. The summed E-state index contributed by atoms with van der Waals surface area (Å²) in [6.45, 7) is 12.5. The van der Waals surface area contributed by atoms with Crippen LogP contribution in [0.1, 0.15) is 99.3 Å². The molecule has 1 aromatic rings. The van der Waals surface area contributed by atoms with Crippen molar-refractivity contribution in [2.24, 2.45) is 46.3 Å². The van der Waals surface area contributed by atoms with E-state index in [1.807, 2.05) is 19.9 Å². The molecule has 41 heavy (non-hydrogen) atoms. The fourth-order valence-electron chi connectivity index (χ4n) is 9.92. The van der Waals surface area contributed by atoms with Gasteiger partial charge in [-0.05, 0) is 104 Å². The van der Waals surface area contributed by atoms with Crippen LogP contribution in [0.4, 0.5) is 0 Å². The van der Waals surface area contributed by atoms with Crippen molar-refractivity contribution in [3.05, 3.63) is 42.0 Å². The van der Waals surface area contributed by atoms with Gasteiger partial charge >= 0.3 is 0 Å². The minimum absolute atomic E-state index is 0.0114. The summed E-state index contributed by atoms with van der Waals surface area (Å²) in [4.78, 5) is 14.6. The van der Waals surface area contributed by atoms with Crippen molar-refractivity contribution >= 4 is 15.6 Å². The number of Topliss-reactive ketones (excluding diaryl/α,β-unsaturated/α-hetero) is 1. The van der Waals surface area contributed by atoms with Gasteiger partial charge in [0.1, 0.15) is 5.78 Å². The molecule has 1 unspecified atom stereocenters. The normalized spacial score (nSPS) is 39.3. The first-order valence-electron chi connectivity index (χ1n) is 16.1. The van der Waals surface area contributed by atoms with Crippen molar-refractivity contribution < 1.29 is 23.4 Å². The summed E-state index contributed by atoms with van der Waals surface area (Å²) in [5.74, 6) is 0.835. The van der Waals surface area contributed by atoms with Gasteiger partial charge in [0, 0.05) is 12.3 Å². The Labute approximate surface area is 248 Å². The number of carbonyl (C=O) groups is 1. The number of fused-ring (bicyclic) bond motifs is 5. The van der Waals surface area contributed by atoms with Crippen LogP contribution in [0, 0.1) is 46.3 Å². The molecule has 0 aromatic heterocycles. The smallest absolute Gasteiger partial charge is 0.181 e. The number of aliphatic hydroxyl groups is 2. The summed E-state index contributed by atoms with van der Waals surface area (Å²) in [6, 6.07) is 8.69. The highest BCUT2D eigenvalue weighted by atomic mass is 32.2. The molecule has 1 aromatic carbocycles. The molecule has 2 N–H and O–H groups in total. The molecule has 0 aliphatic heterocycles. The van der Waals surface area contributed by atoms with E-state index in [1.54, 1.807) is 24.3 Å². The van der Waals surface area contributed by atoms with Gasteiger partial charge in [-0.25, -0.2) is 8.42 Å². The first-order chi connectivity index (χ1) is 19.2.